The van der Waals surface area contributed by atoms with Crippen molar-refractivity contribution >= 4 is 19.8 Å². The molecule has 100 heavy (non-hydrogen) atoms. The molecule has 2 unspecified atom stereocenters. The first-order chi connectivity index (χ1) is 49.0. The average molecular weight is 1420 g/mol. The normalized spacial score (nSPS) is 13.3. The smallest absolute Gasteiger partial charge is 0.462 e. The summed E-state index contributed by atoms with van der Waals surface area (Å²) in [5.41, 5.74) is 0. The Morgan fingerprint density at radius 1 is 0.320 bits per heavy atom. The van der Waals surface area contributed by atoms with Gasteiger partial charge in [0.25, 0.3) is 0 Å². The molecule has 9 nitrogen and oxygen atoms in total. The van der Waals surface area contributed by atoms with Crippen LogP contribution in [0.3, 0.4) is 0 Å². The summed E-state index contributed by atoms with van der Waals surface area (Å²) in [6, 6.07) is 0. The Balaban J connectivity index is 3.86. The Morgan fingerprint density at radius 2 is 0.570 bits per heavy atom. The van der Waals surface area contributed by atoms with Gasteiger partial charge in [-0.2, -0.15) is 0 Å². The molecule has 0 aromatic carbocycles. The van der Waals surface area contributed by atoms with Crippen LogP contribution in [-0.2, 0) is 32.7 Å². The van der Waals surface area contributed by atoms with Crippen LogP contribution < -0.4 is 0 Å². The fourth-order valence-electron chi connectivity index (χ4n) is 13.1. The highest BCUT2D eigenvalue weighted by atomic mass is 31.2. The first-order valence-electron chi connectivity index (χ1n) is 43.7. The fourth-order valence-corrected chi connectivity index (χ4v) is 13.8. The van der Waals surface area contributed by atoms with Crippen molar-refractivity contribution in [2.24, 2.45) is 0 Å². The third-order valence-electron chi connectivity index (χ3n) is 19.7. The van der Waals surface area contributed by atoms with E-state index in [1.54, 1.807) is 0 Å². The maximum atomic E-state index is 12.9. The summed E-state index contributed by atoms with van der Waals surface area (Å²) >= 11 is 0. The monoisotopic (exact) mass is 1420 g/mol. The first-order valence-corrected chi connectivity index (χ1v) is 45.2. The topological polar surface area (TPSA) is 108 Å². The molecule has 0 fully saturated rings. The van der Waals surface area contributed by atoms with Crippen molar-refractivity contribution < 1.29 is 42.1 Å². The highest BCUT2D eigenvalue weighted by Crippen LogP contribution is 2.43. The van der Waals surface area contributed by atoms with Gasteiger partial charge < -0.3 is 18.9 Å². The van der Waals surface area contributed by atoms with Crippen LogP contribution >= 0.6 is 7.82 Å². The standard InChI is InChI=1S/C90H168NO8P/c1-6-8-10-12-14-16-18-20-22-24-26-28-30-32-34-36-38-40-42-43-44-45-46-47-49-51-53-55-57-59-61-63-65-67-69-71-73-75-77-79-81-83-90(93)99-88(87-98-100(94,95)97-85-84-91(3,4)5)86-96-89(92)82-80-78-76-74-72-70-68-66-64-62-60-58-56-54-52-50-48-41-39-37-35-33-31-29-27-25-23-21-19-17-15-13-11-9-7-2/h8,10,14,16,20,22,25-28,32,34,88H,6-7,9,11-13,15,17-19,21,23-24,29-31,33,35-87H2,1-5H3/p+1/b10-8-,16-14-,22-20-,27-25-,28-26-,34-32-. The summed E-state index contributed by atoms with van der Waals surface area (Å²) in [5, 5.41) is 0. The molecule has 0 amide bonds. The molecule has 0 aliphatic rings. The second-order valence-corrected chi connectivity index (χ2v) is 32.4. The zero-order valence-corrected chi connectivity index (χ0v) is 68.1. The molecule has 0 saturated heterocycles. The van der Waals surface area contributed by atoms with E-state index in [0.29, 0.717) is 23.9 Å². The van der Waals surface area contributed by atoms with Gasteiger partial charge in [-0.25, -0.2) is 4.57 Å². The van der Waals surface area contributed by atoms with E-state index >= 15 is 0 Å². The van der Waals surface area contributed by atoms with E-state index in [1.165, 1.54) is 340 Å². The number of allylic oxidation sites excluding steroid dienone is 12. The van der Waals surface area contributed by atoms with Crippen LogP contribution in [0.15, 0.2) is 72.9 Å². The van der Waals surface area contributed by atoms with Crippen molar-refractivity contribution in [2.75, 3.05) is 47.5 Å². The Kier molecular flexibility index (Phi) is 78.5. The summed E-state index contributed by atoms with van der Waals surface area (Å²) in [7, 11) is 1.50. The molecule has 0 aliphatic carbocycles. The van der Waals surface area contributed by atoms with E-state index in [4.69, 9.17) is 18.5 Å². The van der Waals surface area contributed by atoms with E-state index in [-0.39, 0.29) is 25.6 Å². The number of unbranched alkanes of at least 4 members (excludes halogenated alkanes) is 56. The van der Waals surface area contributed by atoms with Crippen molar-refractivity contribution in [1.82, 2.24) is 0 Å². The summed E-state index contributed by atoms with van der Waals surface area (Å²) in [5.74, 6) is -0.771. The molecule has 0 aliphatic heterocycles. The minimum atomic E-state index is -4.40. The van der Waals surface area contributed by atoms with Gasteiger partial charge in [0.05, 0.1) is 27.7 Å². The number of nitrogens with zero attached hydrogens (tertiary/aromatic N) is 1. The van der Waals surface area contributed by atoms with Gasteiger partial charge in [-0.15, -0.1) is 0 Å². The number of quaternary nitrogens is 1. The number of hydrogen-bond acceptors (Lipinski definition) is 7. The lowest BCUT2D eigenvalue weighted by Crippen LogP contribution is -2.37. The number of rotatable bonds is 82. The van der Waals surface area contributed by atoms with Crippen molar-refractivity contribution in [1.29, 1.82) is 0 Å². The van der Waals surface area contributed by atoms with Gasteiger partial charge in [0.2, 0.25) is 0 Å². The minimum absolute atomic E-state index is 0.0343. The largest absolute Gasteiger partial charge is 0.472 e. The van der Waals surface area contributed by atoms with Crippen molar-refractivity contribution in [3.63, 3.8) is 0 Å². The van der Waals surface area contributed by atoms with Gasteiger partial charge in [-0.05, 0) is 83.5 Å². The van der Waals surface area contributed by atoms with Crippen molar-refractivity contribution in [2.45, 2.75) is 444 Å². The van der Waals surface area contributed by atoms with Crippen LogP contribution in [0, 0.1) is 0 Å². The Morgan fingerprint density at radius 3 is 0.860 bits per heavy atom. The molecule has 0 radical (unpaired) electrons. The molecule has 1 N–H and O–H groups in total. The molecule has 2 atom stereocenters. The van der Waals surface area contributed by atoms with Gasteiger partial charge in [0, 0.05) is 12.8 Å². The lowest BCUT2D eigenvalue weighted by Gasteiger charge is -2.24. The van der Waals surface area contributed by atoms with E-state index in [1.807, 2.05) is 21.1 Å². The average Bonchev–Trinajstić information content (AvgIpc) is 1.30. The van der Waals surface area contributed by atoms with Gasteiger partial charge in [0.15, 0.2) is 6.10 Å². The third kappa shape index (κ3) is 84.4. The van der Waals surface area contributed by atoms with Gasteiger partial charge in [-0.1, -0.05) is 414 Å². The lowest BCUT2D eigenvalue weighted by molar-refractivity contribution is -0.870. The molecule has 0 aromatic heterocycles. The number of likely N-dealkylation sites (N-methyl/N-ethyl adjacent to an activating group) is 1. The lowest BCUT2D eigenvalue weighted by atomic mass is 10.0. The van der Waals surface area contributed by atoms with Crippen LogP contribution in [0.2, 0.25) is 0 Å². The number of hydrogen-bond donors (Lipinski definition) is 1. The number of esters is 2. The van der Waals surface area contributed by atoms with Crippen LogP contribution in [0.1, 0.15) is 438 Å². The molecule has 0 spiro atoms. The van der Waals surface area contributed by atoms with Crippen molar-refractivity contribution in [3.8, 4) is 0 Å². The number of carbonyl (C=O) groups is 2. The molecule has 0 aromatic rings. The second kappa shape index (κ2) is 80.5. The number of ether oxygens (including phenoxy) is 2. The third-order valence-corrected chi connectivity index (χ3v) is 20.7. The number of phosphoric acid groups is 1. The van der Waals surface area contributed by atoms with Crippen molar-refractivity contribution in [3.05, 3.63) is 72.9 Å². The molecular weight excluding hydrogens is 1250 g/mol. The molecule has 0 rings (SSSR count). The highest BCUT2D eigenvalue weighted by molar-refractivity contribution is 7.47. The van der Waals surface area contributed by atoms with Crippen LogP contribution in [0.25, 0.3) is 0 Å². The summed E-state index contributed by atoms with van der Waals surface area (Å²) in [6.07, 6.45) is 111. The number of phosphoric ester groups is 1. The molecule has 586 valence electrons. The second-order valence-electron chi connectivity index (χ2n) is 30.9. The molecule has 0 saturated carbocycles. The first kappa shape index (κ1) is 97.4. The van der Waals surface area contributed by atoms with Gasteiger partial charge >= 0.3 is 19.8 Å². The Hall–Kier alpha value is -2.55. The SMILES string of the molecule is CC/C=C\C/C=C\C/C=C\C/C=C\C/C=C\CCCCCCCCCCCCCCCCCCCCCCCCCCCC(=O)OC(COC(=O)CCCCCCCCCCCCCCCCCCCCCCCCC/C=C\CCCCCCCCCC)COP(=O)(O)OCC[N+](C)(C)C. The maximum absolute atomic E-state index is 12.9. The summed E-state index contributed by atoms with van der Waals surface area (Å²) in [6.45, 7) is 4.40. The van der Waals surface area contributed by atoms with Gasteiger partial charge in [0.1, 0.15) is 19.8 Å². The van der Waals surface area contributed by atoms with Crippen LogP contribution in [0.4, 0.5) is 0 Å². The van der Waals surface area contributed by atoms with Gasteiger partial charge in [-0.3, -0.25) is 18.6 Å². The van der Waals surface area contributed by atoms with E-state index < -0.39 is 26.5 Å². The zero-order valence-electron chi connectivity index (χ0n) is 67.2. The minimum Gasteiger partial charge on any atom is -0.462 e. The Bertz CT molecular complexity index is 1920. The summed E-state index contributed by atoms with van der Waals surface area (Å²) in [4.78, 5) is 36.0. The quantitative estimate of drug-likeness (QED) is 0.0211. The van der Waals surface area contributed by atoms with Crippen LogP contribution in [0.5, 0.6) is 0 Å². The highest BCUT2D eigenvalue weighted by Gasteiger charge is 2.27. The van der Waals surface area contributed by atoms with E-state index in [2.05, 4.69) is 86.8 Å². The molecule has 10 heteroatoms. The molecular formula is C90H169NO8P+. The summed E-state index contributed by atoms with van der Waals surface area (Å²) < 4.78 is 34.9. The predicted molar refractivity (Wildman–Crippen MR) is 436 cm³/mol. The fraction of sp³-hybridized carbons (Fsp3) is 0.844. The van der Waals surface area contributed by atoms with E-state index in [0.717, 1.165) is 64.2 Å². The molecule has 0 heterocycles. The van der Waals surface area contributed by atoms with Crippen LogP contribution in [-0.4, -0.2) is 74.9 Å². The molecule has 0 bridgehead atoms. The Labute approximate surface area is 622 Å². The maximum Gasteiger partial charge on any atom is 0.472 e. The zero-order chi connectivity index (χ0) is 72.5. The predicted octanol–water partition coefficient (Wildman–Crippen LogP) is 29.4. The number of carbonyl (C=O) groups excluding carboxylic acids is 2. The van der Waals surface area contributed by atoms with E-state index in [9.17, 15) is 19.0 Å².